The molecule has 94 valence electrons. The molecule has 2 rings (SSSR count). The number of aliphatic hydroxyl groups is 1. The molecule has 2 atom stereocenters. The largest absolute Gasteiger partial charge is 0.464 e. The molecular weight excluding hydrogens is 250 g/mol. The van der Waals surface area contributed by atoms with Gasteiger partial charge >= 0.3 is 5.97 Å². The van der Waals surface area contributed by atoms with Crippen molar-refractivity contribution in [1.29, 1.82) is 0 Å². The van der Waals surface area contributed by atoms with Gasteiger partial charge < -0.3 is 9.84 Å². The van der Waals surface area contributed by atoms with Gasteiger partial charge in [-0.15, -0.1) is 5.10 Å². The fraction of sp³-hybridized carbons (Fsp3) is 0.625. The highest BCUT2D eigenvalue weighted by molar-refractivity contribution is 7.91. The quantitative estimate of drug-likeness (QED) is 0.638. The maximum absolute atomic E-state index is 11.3. The van der Waals surface area contributed by atoms with Crippen molar-refractivity contribution in [1.82, 2.24) is 15.0 Å². The molecule has 0 amide bonds. The lowest BCUT2D eigenvalue weighted by atomic mass is 10.2. The fourth-order valence-electron chi connectivity index (χ4n) is 1.70. The lowest BCUT2D eigenvalue weighted by Crippen LogP contribution is -2.22. The minimum absolute atomic E-state index is 0.0241. The third kappa shape index (κ3) is 2.29. The number of carbonyl (C=O) groups is 1. The summed E-state index contributed by atoms with van der Waals surface area (Å²) >= 11 is 0. The smallest absolute Gasteiger partial charge is 0.360 e. The van der Waals surface area contributed by atoms with Crippen LogP contribution in [0.3, 0.4) is 0 Å². The van der Waals surface area contributed by atoms with Crippen molar-refractivity contribution in [3.63, 3.8) is 0 Å². The van der Waals surface area contributed by atoms with Gasteiger partial charge in [0.1, 0.15) is 0 Å². The number of rotatable bonds is 2. The molecule has 17 heavy (non-hydrogen) atoms. The van der Waals surface area contributed by atoms with Crippen molar-refractivity contribution in [2.24, 2.45) is 0 Å². The molecule has 1 saturated heterocycles. The number of hydrogen-bond donors (Lipinski definition) is 1. The Morgan fingerprint density at radius 3 is 2.82 bits per heavy atom. The molecule has 0 aromatic carbocycles. The second-order valence-electron chi connectivity index (χ2n) is 3.79. The van der Waals surface area contributed by atoms with Gasteiger partial charge in [0, 0.05) is 0 Å². The number of sulfone groups is 1. The third-order valence-electron chi connectivity index (χ3n) is 2.54. The number of aliphatic hydroxyl groups excluding tert-OH is 1. The van der Waals surface area contributed by atoms with Crippen molar-refractivity contribution in [3.8, 4) is 0 Å². The molecule has 0 radical (unpaired) electrons. The SMILES string of the molecule is COC(=O)c1cn(C2CS(=O)(=O)CC2O)nn1. The second-order valence-corrected chi connectivity index (χ2v) is 5.94. The van der Waals surface area contributed by atoms with Crippen LogP contribution in [0.15, 0.2) is 6.20 Å². The maximum atomic E-state index is 11.3. The summed E-state index contributed by atoms with van der Waals surface area (Å²) in [5, 5.41) is 16.8. The average molecular weight is 261 g/mol. The lowest BCUT2D eigenvalue weighted by Gasteiger charge is -2.11. The van der Waals surface area contributed by atoms with E-state index in [4.69, 9.17) is 0 Å². The first kappa shape index (κ1) is 12.0. The Bertz CT molecular complexity index is 537. The van der Waals surface area contributed by atoms with Crippen LogP contribution in [-0.4, -0.2) is 59.2 Å². The number of nitrogens with zero attached hydrogens (tertiary/aromatic N) is 3. The van der Waals surface area contributed by atoms with Gasteiger partial charge in [-0.3, -0.25) is 0 Å². The molecule has 0 bridgehead atoms. The molecule has 1 fully saturated rings. The zero-order valence-electron chi connectivity index (χ0n) is 8.98. The fourth-order valence-corrected chi connectivity index (χ4v) is 3.47. The van der Waals surface area contributed by atoms with Crippen LogP contribution in [0.5, 0.6) is 0 Å². The molecule has 9 heteroatoms. The summed E-state index contributed by atoms with van der Waals surface area (Å²) < 4.78 is 28.2. The molecule has 0 saturated carbocycles. The van der Waals surface area contributed by atoms with Crippen LogP contribution >= 0.6 is 0 Å². The predicted octanol–water partition coefficient (Wildman–Crippen LogP) is -1.60. The monoisotopic (exact) mass is 261 g/mol. The number of ether oxygens (including phenoxy) is 1. The first-order valence-electron chi connectivity index (χ1n) is 4.81. The summed E-state index contributed by atoms with van der Waals surface area (Å²) in [4.78, 5) is 11.1. The van der Waals surface area contributed by atoms with Gasteiger partial charge in [-0.1, -0.05) is 5.21 Å². The Morgan fingerprint density at radius 2 is 2.29 bits per heavy atom. The Balaban J connectivity index is 2.24. The molecule has 1 aliphatic heterocycles. The van der Waals surface area contributed by atoms with Crippen molar-refractivity contribution in [3.05, 3.63) is 11.9 Å². The second kappa shape index (κ2) is 4.08. The van der Waals surface area contributed by atoms with E-state index >= 15 is 0 Å². The van der Waals surface area contributed by atoms with Gasteiger partial charge in [0.15, 0.2) is 15.5 Å². The zero-order chi connectivity index (χ0) is 12.6. The molecule has 2 heterocycles. The van der Waals surface area contributed by atoms with Crippen molar-refractivity contribution in [2.75, 3.05) is 18.6 Å². The molecule has 0 spiro atoms. The Hall–Kier alpha value is -1.48. The standard InChI is InChI=1S/C8H11N3O5S/c1-16-8(13)5-2-11(10-9-5)6-3-17(14,15)4-7(6)12/h2,6-7,12H,3-4H2,1H3. The number of hydrogen-bond acceptors (Lipinski definition) is 7. The molecule has 1 aliphatic rings. The van der Waals surface area contributed by atoms with Crippen molar-refractivity contribution < 1.29 is 23.1 Å². The number of carbonyl (C=O) groups excluding carboxylic acids is 1. The maximum Gasteiger partial charge on any atom is 0.360 e. The van der Waals surface area contributed by atoms with Gasteiger partial charge in [-0.05, 0) is 0 Å². The normalized spacial score (nSPS) is 26.9. The average Bonchev–Trinajstić information content (AvgIpc) is 2.81. The van der Waals surface area contributed by atoms with E-state index < -0.39 is 28.0 Å². The van der Waals surface area contributed by atoms with Crippen LogP contribution in [-0.2, 0) is 14.6 Å². The highest BCUT2D eigenvalue weighted by atomic mass is 32.2. The number of esters is 1. The summed E-state index contributed by atoms with van der Waals surface area (Å²) in [6.07, 6.45) is 0.229. The van der Waals surface area contributed by atoms with E-state index in [1.807, 2.05) is 0 Å². The van der Waals surface area contributed by atoms with E-state index in [1.54, 1.807) is 0 Å². The van der Waals surface area contributed by atoms with Crippen LogP contribution in [0.25, 0.3) is 0 Å². The van der Waals surface area contributed by atoms with Crippen molar-refractivity contribution >= 4 is 15.8 Å². The number of methoxy groups -OCH3 is 1. The molecule has 1 aromatic heterocycles. The third-order valence-corrected chi connectivity index (χ3v) is 4.24. The minimum Gasteiger partial charge on any atom is -0.464 e. The topological polar surface area (TPSA) is 111 Å². The van der Waals surface area contributed by atoms with E-state index in [1.165, 1.54) is 18.0 Å². The summed E-state index contributed by atoms with van der Waals surface area (Å²) in [6, 6.07) is -0.703. The van der Waals surface area contributed by atoms with E-state index in [-0.39, 0.29) is 17.2 Å². The lowest BCUT2D eigenvalue weighted by molar-refractivity contribution is 0.0593. The van der Waals surface area contributed by atoms with E-state index in [2.05, 4.69) is 15.0 Å². The van der Waals surface area contributed by atoms with E-state index in [0.717, 1.165) is 0 Å². The highest BCUT2D eigenvalue weighted by Gasteiger charge is 2.38. The first-order valence-corrected chi connectivity index (χ1v) is 6.64. The molecule has 8 nitrogen and oxygen atoms in total. The van der Waals surface area contributed by atoms with Crippen LogP contribution in [0.4, 0.5) is 0 Å². The summed E-state index contributed by atoms with van der Waals surface area (Å²) in [7, 11) is -2.06. The first-order chi connectivity index (χ1) is 7.93. The molecule has 0 aliphatic carbocycles. The summed E-state index contributed by atoms with van der Waals surface area (Å²) in [6.45, 7) is 0. The summed E-state index contributed by atoms with van der Waals surface area (Å²) in [5.41, 5.74) is -0.0241. The van der Waals surface area contributed by atoms with Gasteiger partial charge in [0.2, 0.25) is 0 Å². The molecule has 2 unspecified atom stereocenters. The van der Waals surface area contributed by atoms with Gasteiger partial charge in [-0.2, -0.15) is 0 Å². The molecule has 1 aromatic rings. The molecular formula is C8H11N3O5S. The Morgan fingerprint density at radius 1 is 1.59 bits per heavy atom. The Kier molecular flexibility index (Phi) is 2.87. The van der Waals surface area contributed by atoms with Gasteiger partial charge in [0.05, 0.1) is 37.0 Å². The van der Waals surface area contributed by atoms with Crippen LogP contribution < -0.4 is 0 Å². The van der Waals surface area contributed by atoms with Gasteiger partial charge in [0.25, 0.3) is 0 Å². The zero-order valence-corrected chi connectivity index (χ0v) is 9.79. The highest BCUT2D eigenvalue weighted by Crippen LogP contribution is 2.23. The van der Waals surface area contributed by atoms with Crippen molar-refractivity contribution in [2.45, 2.75) is 12.1 Å². The summed E-state index contributed by atoms with van der Waals surface area (Å²) in [5.74, 6) is -1.17. The van der Waals surface area contributed by atoms with Gasteiger partial charge in [-0.25, -0.2) is 17.9 Å². The molecule has 1 N–H and O–H groups in total. The Labute approximate surface area is 97.1 Å². The number of aromatic nitrogens is 3. The van der Waals surface area contributed by atoms with Crippen LogP contribution in [0, 0.1) is 0 Å². The van der Waals surface area contributed by atoms with E-state index in [0.29, 0.717) is 0 Å². The predicted molar refractivity (Wildman–Crippen MR) is 55.1 cm³/mol. The van der Waals surface area contributed by atoms with Crippen LogP contribution in [0.2, 0.25) is 0 Å². The van der Waals surface area contributed by atoms with Crippen LogP contribution in [0.1, 0.15) is 16.5 Å². The minimum atomic E-state index is -3.26. The van der Waals surface area contributed by atoms with E-state index in [9.17, 15) is 18.3 Å².